The molecule has 0 aromatic heterocycles. The van der Waals surface area contributed by atoms with Gasteiger partial charge in [0.25, 0.3) is 0 Å². The van der Waals surface area contributed by atoms with E-state index in [1.54, 1.807) is 18.2 Å². The molecule has 60 heavy (non-hydrogen) atoms. The van der Waals surface area contributed by atoms with Gasteiger partial charge in [-0.1, -0.05) is 164 Å². The van der Waals surface area contributed by atoms with Gasteiger partial charge in [-0.15, -0.1) is 0 Å². The van der Waals surface area contributed by atoms with E-state index in [2.05, 4.69) is 74.6 Å². The molecule has 0 radical (unpaired) electrons. The third-order valence-corrected chi connectivity index (χ3v) is 14.7. The van der Waals surface area contributed by atoms with Gasteiger partial charge < -0.3 is 5.11 Å². The minimum Gasteiger partial charge on any atom is -0.385 e. The molecule has 3 aromatic rings. The Morgan fingerprint density at radius 3 is 1.55 bits per heavy atom. The highest BCUT2D eigenvalue weighted by molar-refractivity contribution is 14.1. The minimum absolute atomic E-state index is 0.106. The predicted octanol–water partition coefficient (Wildman–Crippen LogP) is 18.4. The van der Waals surface area contributed by atoms with E-state index in [9.17, 15) is 23.1 Å². The van der Waals surface area contributed by atoms with Crippen molar-refractivity contribution in [2.75, 3.05) is 0 Å². The SMILES string of the molecule is CCCCCC1CC=C(c2ccc(Br)cc2F)CC1.CCCCCC1CCC(=O)CC1.CCCCCC1CCC(O)(c2ccc(Br)cc2F)CC1.Fc1cc(Br)ccc1I. The molecule has 3 aliphatic rings. The summed E-state index contributed by atoms with van der Waals surface area (Å²) in [7, 11) is 0. The third kappa shape index (κ3) is 19.8. The minimum atomic E-state index is -0.966. The molecule has 0 amide bonds. The van der Waals surface area contributed by atoms with Crippen LogP contribution in [0.25, 0.3) is 5.57 Å². The first-order valence-corrected chi connectivity index (χ1v) is 26.2. The van der Waals surface area contributed by atoms with E-state index < -0.39 is 5.60 Å². The van der Waals surface area contributed by atoms with Gasteiger partial charge in [0.05, 0.1) is 5.60 Å². The Labute approximate surface area is 399 Å². The van der Waals surface area contributed by atoms with Crippen molar-refractivity contribution in [2.24, 2.45) is 17.8 Å². The van der Waals surface area contributed by atoms with E-state index in [1.807, 2.05) is 46.9 Å². The van der Waals surface area contributed by atoms with E-state index in [-0.39, 0.29) is 17.5 Å². The lowest BCUT2D eigenvalue weighted by Crippen LogP contribution is -2.32. The Hall–Kier alpha value is -1.01. The van der Waals surface area contributed by atoms with Crippen LogP contribution in [0.4, 0.5) is 13.2 Å². The van der Waals surface area contributed by atoms with Crippen LogP contribution in [0, 0.1) is 38.8 Å². The van der Waals surface area contributed by atoms with Crippen molar-refractivity contribution >= 4 is 81.7 Å². The number of hydrogen-bond donors (Lipinski definition) is 1. The van der Waals surface area contributed by atoms with Crippen LogP contribution in [0.15, 0.2) is 74.1 Å². The van der Waals surface area contributed by atoms with E-state index in [0.29, 0.717) is 33.7 Å². The fraction of sp³-hybridized carbons (Fsp3) is 0.588. The lowest BCUT2D eigenvalue weighted by Gasteiger charge is -2.36. The zero-order valence-electron chi connectivity index (χ0n) is 36.3. The van der Waals surface area contributed by atoms with Crippen LogP contribution in [0.1, 0.15) is 180 Å². The molecule has 1 unspecified atom stereocenters. The van der Waals surface area contributed by atoms with E-state index in [4.69, 9.17) is 0 Å². The molecule has 0 spiro atoms. The van der Waals surface area contributed by atoms with Crippen LogP contribution < -0.4 is 0 Å². The van der Waals surface area contributed by atoms with Crippen LogP contribution >= 0.6 is 70.4 Å². The van der Waals surface area contributed by atoms with Crippen LogP contribution in [-0.4, -0.2) is 10.9 Å². The number of Topliss-reactive ketones (excluding diaryl/α,β-unsaturated/α-hetero) is 1. The maximum absolute atomic E-state index is 14.0. The maximum Gasteiger partial charge on any atom is 0.137 e. The highest BCUT2D eigenvalue weighted by atomic mass is 127. The zero-order chi connectivity index (χ0) is 43.9. The second kappa shape index (κ2) is 29.4. The molecule has 6 rings (SSSR count). The molecule has 9 heteroatoms. The average Bonchev–Trinajstić information content (AvgIpc) is 3.22. The van der Waals surface area contributed by atoms with Crippen LogP contribution in [0.2, 0.25) is 0 Å². The Balaban J connectivity index is 0.000000223. The molecule has 1 atom stereocenters. The Kier molecular flexibility index (Phi) is 26.2. The first kappa shape index (κ1) is 53.3. The number of carbonyl (C=O) groups is 1. The molecule has 2 nitrogen and oxygen atoms in total. The number of unbranched alkanes of at least 4 members (excludes halogenated alkanes) is 6. The summed E-state index contributed by atoms with van der Waals surface area (Å²) in [6, 6.07) is 15.3. The largest absolute Gasteiger partial charge is 0.385 e. The van der Waals surface area contributed by atoms with Gasteiger partial charge in [0.15, 0.2) is 0 Å². The van der Waals surface area contributed by atoms with Crippen molar-refractivity contribution in [1.29, 1.82) is 0 Å². The summed E-state index contributed by atoms with van der Waals surface area (Å²) >= 11 is 11.7. The highest BCUT2D eigenvalue weighted by Crippen LogP contribution is 2.42. The van der Waals surface area contributed by atoms with Crippen molar-refractivity contribution in [3.05, 3.63) is 106 Å². The lowest BCUT2D eigenvalue weighted by molar-refractivity contribution is -0.121. The van der Waals surface area contributed by atoms with Crippen molar-refractivity contribution in [3.8, 4) is 0 Å². The summed E-state index contributed by atoms with van der Waals surface area (Å²) in [6.45, 7) is 6.70. The summed E-state index contributed by atoms with van der Waals surface area (Å²) in [4.78, 5) is 10.9. The molecule has 0 bridgehead atoms. The maximum atomic E-state index is 14.0. The molecule has 0 saturated heterocycles. The van der Waals surface area contributed by atoms with Gasteiger partial charge in [-0.05, 0) is 146 Å². The number of aliphatic hydroxyl groups is 1. The van der Waals surface area contributed by atoms with Crippen molar-refractivity contribution in [1.82, 2.24) is 0 Å². The van der Waals surface area contributed by atoms with Crippen molar-refractivity contribution < 1.29 is 23.1 Å². The number of carbonyl (C=O) groups excluding carboxylic acids is 1. The summed E-state index contributed by atoms with van der Waals surface area (Å²) in [5, 5.41) is 10.7. The molecule has 3 aromatic carbocycles. The Morgan fingerprint density at radius 1 is 0.617 bits per heavy atom. The zero-order valence-corrected chi connectivity index (χ0v) is 43.2. The van der Waals surface area contributed by atoms with Crippen LogP contribution in [0.5, 0.6) is 0 Å². The van der Waals surface area contributed by atoms with E-state index >= 15 is 0 Å². The second-order valence-electron chi connectivity index (χ2n) is 17.1. The third-order valence-electron chi connectivity index (χ3n) is 12.4. The van der Waals surface area contributed by atoms with Gasteiger partial charge in [0.2, 0.25) is 0 Å². The normalized spacial score (nSPS) is 20.4. The number of halogens is 7. The summed E-state index contributed by atoms with van der Waals surface area (Å²) in [5.74, 6) is 2.30. The molecule has 1 N–H and O–H groups in total. The Bertz CT molecular complexity index is 1730. The molecular weight excluding hydrogens is 1070 g/mol. The number of rotatable bonds is 14. The first-order chi connectivity index (χ1) is 28.8. The van der Waals surface area contributed by atoms with Crippen LogP contribution in [-0.2, 0) is 10.4 Å². The van der Waals surface area contributed by atoms with E-state index in [0.717, 1.165) is 69.3 Å². The summed E-state index contributed by atoms with van der Waals surface area (Å²) in [5.41, 5.74) is 1.48. The van der Waals surface area contributed by atoms with Gasteiger partial charge in [0, 0.05) is 41.0 Å². The van der Waals surface area contributed by atoms with Crippen molar-refractivity contribution in [3.63, 3.8) is 0 Å². The van der Waals surface area contributed by atoms with Gasteiger partial charge in [-0.25, -0.2) is 13.2 Å². The fourth-order valence-corrected chi connectivity index (χ4v) is 9.87. The van der Waals surface area contributed by atoms with Crippen LogP contribution in [0.3, 0.4) is 0 Å². The fourth-order valence-electron chi connectivity index (χ4n) is 8.53. The molecule has 0 aliphatic heterocycles. The lowest BCUT2D eigenvalue weighted by atomic mass is 9.74. The molecular formula is C51H69Br3F3IO2. The number of benzene rings is 3. The van der Waals surface area contributed by atoms with Gasteiger partial charge >= 0.3 is 0 Å². The van der Waals surface area contributed by atoms with Gasteiger partial charge in [0.1, 0.15) is 23.2 Å². The number of allylic oxidation sites excluding steroid dienone is 2. The summed E-state index contributed by atoms with van der Waals surface area (Å²) in [6.07, 6.45) is 28.9. The average molecular weight is 1140 g/mol. The standard InChI is InChI=1S/C17H24BrFO.C17H22BrF.C11H20O.C6H3BrFI/c1-2-3-4-5-13-8-10-17(20,11-9-13)15-7-6-14(18)12-16(15)19;1-2-3-4-5-13-6-8-14(9-7-13)16-11-10-15(18)12-17(16)19;1-2-3-4-5-10-6-8-11(12)9-7-10;7-4-1-2-6(9)5(8)3-4/h6-7,12-13,20H,2-5,8-11H2,1H3;8,10-13H,2-7,9H2,1H3;10H,2-9H2,1H3;1-3H. The second-order valence-corrected chi connectivity index (χ2v) is 21.0. The van der Waals surface area contributed by atoms with Gasteiger partial charge in [-0.2, -0.15) is 0 Å². The Morgan fingerprint density at radius 2 is 1.08 bits per heavy atom. The molecule has 0 heterocycles. The molecule has 2 saturated carbocycles. The smallest absolute Gasteiger partial charge is 0.137 e. The monoisotopic (exact) mass is 1130 g/mol. The van der Waals surface area contributed by atoms with Gasteiger partial charge in [-0.3, -0.25) is 4.79 Å². The number of ketones is 1. The highest BCUT2D eigenvalue weighted by Gasteiger charge is 2.36. The summed E-state index contributed by atoms with van der Waals surface area (Å²) < 4.78 is 43.4. The quantitative estimate of drug-likeness (QED) is 0.0992. The predicted molar refractivity (Wildman–Crippen MR) is 266 cm³/mol. The molecule has 334 valence electrons. The van der Waals surface area contributed by atoms with Crippen molar-refractivity contribution in [2.45, 2.75) is 174 Å². The number of hydrogen-bond acceptors (Lipinski definition) is 2. The van der Waals surface area contributed by atoms with E-state index in [1.165, 1.54) is 114 Å². The molecule has 3 aliphatic carbocycles. The topological polar surface area (TPSA) is 37.3 Å². The first-order valence-electron chi connectivity index (χ1n) is 22.7. The molecule has 2 fully saturated rings.